The minimum atomic E-state index is -1.10. The van der Waals surface area contributed by atoms with Gasteiger partial charge < -0.3 is 30.7 Å². The summed E-state index contributed by atoms with van der Waals surface area (Å²) >= 11 is 3.12. The maximum absolute atomic E-state index is 12.8. The smallest absolute Gasteiger partial charge is 0.407 e. The van der Waals surface area contributed by atoms with E-state index in [1.165, 1.54) is 23.2 Å². The van der Waals surface area contributed by atoms with Gasteiger partial charge in [0.1, 0.15) is 12.6 Å². The average molecular weight is 557 g/mol. The molecular formula is C24H40N6O5S2. The lowest BCUT2D eigenvalue weighted by molar-refractivity contribution is -0.126. The second-order valence-corrected chi connectivity index (χ2v) is 11.7. The molecule has 4 N–H and O–H groups in total. The molecule has 37 heavy (non-hydrogen) atoms. The van der Waals surface area contributed by atoms with Crippen molar-refractivity contribution in [1.29, 1.82) is 0 Å². The molecule has 0 bridgehead atoms. The average Bonchev–Trinajstić information content (AvgIpc) is 3.51. The molecule has 0 radical (unpaired) electrons. The zero-order valence-electron chi connectivity index (χ0n) is 22.4. The number of nitrogens with zero attached hydrogens (tertiary/aromatic N) is 3. The van der Waals surface area contributed by atoms with Gasteiger partial charge in [-0.3, -0.25) is 14.8 Å². The Morgan fingerprint density at radius 3 is 2.38 bits per heavy atom. The molecule has 0 saturated heterocycles. The van der Waals surface area contributed by atoms with Gasteiger partial charge in [-0.1, -0.05) is 13.8 Å². The molecule has 2 rings (SSSR count). The summed E-state index contributed by atoms with van der Waals surface area (Å²) in [6.07, 6.45) is 1.24. The summed E-state index contributed by atoms with van der Waals surface area (Å²) in [5.41, 5.74) is 1.67. The Balaban J connectivity index is 1.74. The first-order valence-electron chi connectivity index (χ1n) is 12.5. The highest BCUT2D eigenvalue weighted by atomic mass is 32.2. The molecule has 0 aliphatic carbocycles. The van der Waals surface area contributed by atoms with E-state index in [-0.39, 0.29) is 24.7 Å². The molecule has 2 heterocycles. The van der Waals surface area contributed by atoms with Crippen LogP contribution in [0.4, 0.5) is 9.59 Å². The highest BCUT2D eigenvalue weighted by molar-refractivity contribution is 8.14. The molecule has 1 aromatic heterocycles. The third-order valence-corrected chi connectivity index (χ3v) is 7.89. The van der Waals surface area contributed by atoms with E-state index in [1.54, 1.807) is 30.5 Å². The predicted molar refractivity (Wildman–Crippen MR) is 147 cm³/mol. The number of aliphatic hydroxyl groups is 1. The molecule has 5 unspecified atom stereocenters. The normalized spacial score (nSPS) is 18.4. The quantitative estimate of drug-likeness (QED) is 0.292. The summed E-state index contributed by atoms with van der Waals surface area (Å²) in [5.74, 6) is 0.714. The summed E-state index contributed by atoms with van der Waals surface area (Å²) in [4.78, 5) is 48.4. The van der Waals surface area contributed by atoms with E-state index in [2.05, 4.69) is 39.8 Å². The Morgan fingerprint density at radius 2 is 1.81 bits per heavy atom. The number of rotatable bonds is 13. The minimum Gasteiger partial charge on any atom is -0.444 e. The molecule has 208 valence electrons. The van der Waals surface area contributed by atoms with Crippen LogP contribution >= 0.6 is 23.1 Å². The zero-order chi connectivity index (χ0) is 27.5. The lowest BCUT2D eigenvalue weighted by atomic mass is 10.1. The molecule has 4 amide bonds. The number of aromatic nitrogens is 1. The van der Waals surface area contributed by atoms with Gasteiger partial charge in [-0.25, -0.2) is 9.59 Å². The summed E-state index contributed by atoms with van der Waals surface area (Å²) in [6, 6.07) is -1.93. The van der Waals surface area contributed by atoms with Crippen LogP contribution in [-0.2, 0) is 16.1 Å². The predicted octanol–water partition coefficient (Wildman–Crippen LogP) is 2.60. The van der Waals surface area contributed by atoms with Crippen LogP contribution in [0.15, 0.2) is 16.7 Å². The van der Waals surface area contributed by atoms with E-state index in [1.807, 2.05) is 13.8 Å². The number of nitrogens with one attached hydrogen (secondary N) is 3. The van der Waals surface area contributed by atoms with Crippen molar-refractivity contribution in [3.05, 3.63) is 16.6 Å². The number of carbonyl (C=O) groups excluding carboxylic acids is 3. The van der Waals surface area contributed by atoms with Gasteiger partial charge in [0.15, 0.2) is 0 Å². The third-order valence-electron chi connectivity index (χ3n) is 5.72. The highest BCUT2D eigenvalue weighted by Gasteiger charge is 2.29. The second-order valence-electron chi connectivity index (χ2n) is 9.71. The van der Waals surface area contributed by atoms with Crippen LogP contribution in [0, 0.1) is 5.92 Å². The largest absolute Gasteiger partial charge is 0.444 e. The van der Waals surface area contributed by atoms with Crippen LogP contribution in [0.2, 0.25) is 0 Å². The number of amides is 4. The Labute approximate surface area is 227 Å². The number of ether oxygens (including phenoxy) is 1. The molecule has 0 saturated carbocycles. The maximum Gasteiger partial charge on any atom is 0.407 e. The SMILES string of the molecule is CC(CCC(C)NC(=O)C(NC(=O)N(C)CC1CSC(C(C)C)=N1)C(C)O)NC(=O)OCc1cncs1. The summed E-state index contributed by atoms with van der Waals surface area (Å²) in [7, 11) is 1.65. The number of hydrogen-bond donors (Lipinski definition) is 4. The van der Waals surface area contributed by atoms with Gasteiger partial charge in [-0.05, 0) is 33.6 Å². The van der Waals surface area contributed by atoms with Crippen LogP contribution in [0.25, 0.3) is 0 Å². The lowest BCUT2D eigenvalue weighted by Crippen LogP contribution is -2.56. The van der Waals surface area contributed by atoms with Gasteiger partial charge in [0.2, 0.25) is 5.91 Å². The van der Waals surface area contributed by atoms with Crippen LogP contribution in [0.1, 0.15) is 52.3 Å². The van der Waals surface area contributed by atoms with E-state index in [4.69, 9.17) is 4.74 Å². The van der Waals surface area contributed by atoms with Gasteiger partial charge in [0, 0.05) is 43.5 Å². The monoisotopic (exact) mass is 556 g/mol. The van der Waals surface area contributed by atoms with E-state index in [0.29, 0.717) is 25.3 Å². The number of alkyl carbamates (subject to hydrolysis) is 1. The number of urea groups is 1. The van der Waals surface area contributed by atoms with E-state index in [9.17, 15) is 19.5 Å². The van der Waals surface area contributed by atoms with Crippen molar-refractivity contribution in [3.63, 3.8) is 0 Å². The Kier molecular flexibility index (Phi) is 12.6. The van der Waals surface area contributed by atoms with Gasteiger partial charge >= 0.3 is 12.1 Å². The molecule has 11 nitrogen and oxygen atoms in total. The summed E-state index contributed by atoms with van der Waals surface area (Å²) in [5, 5.41) is 19.5. The van der Waals surface area contributed by atoms with Crippen molar-refractivity contribution in [2.45, 2.75) is 84.3 Å². The highest BCUT2D eigenvalue weighted by Crippen LogP contribution is 2.23. The number of aliphatic imine (C=N–C) groups is 1. The number of thiazole rings is 1. The molecule has 1 aromatic rings. The van der Waals surface area contributed by atoms with Crippen molar-refractivity contribution >= 4 is 46.2 Å². The standard InChI is InChI=1S/C24H40N6O5S2/c1-14(2)22-28-18(12-36-22)10-30(6)23(33)29-20(17(5)31)21(32)26-15(3)7-8-16(4)27-24(34)35-11-19-9-25-13-37-19/h9,13-18,20,31H,7-8,10-12H2,1-6H3,(H,26,32)(H,27,34)(H,29,33). The molecule has 1 aliphatic heterocycles. The number of likely N-dealkylation sites (N-methyl/N-ethyl adjacent to an activating group) is 1. The minimum absolute atomic E-state index is 0.0116. The van der Waals surface area contributed by atoms with Gasteiger partial charge in [-0.2, -0.15) is 0 Å². The molecule has 1 aliphatic rings. The maximum atomic E-state index is 12.8. The molecular weight excluding hydrogens is 516 g/mol. The first-order chi connectivity index (χ1) is 17.5. The summed E-state index contributed by atoms with van der Waals surface area (Å²) < 4.78 is 5.17. The van der Waals surface area contributed by atoms with Crippen LogP contribution in [-0.4, -0.2) is 87.7 Å². The van der Waals surface area contributed by atoms with Crippen LogP contribution in [0.5, 0.6) is 0 Å². The first-order valence-corrected chi connectivity index (χ1v) is 14.3. The van der Waals surface area contributed by atoms with Crippen molar-refractivity contribution in [2.24, 2.45) is 10.9 Å². The van der Waals surface area contributed by atoms with Crippen molar-refractivity contribution in [1.82, 2.24) is 25.8 Å². The van der Waals surface area contributed by atoms with Crippen molar-refractivity contribution < 1.29 is 24.2 Å². The lowest BCUT2D eigenvalue weighted by Gasteiger charge is -2.27. The van der Waals surface area contributed by atoms with Crippen molar-refractivity contribution in [2.75, 3.05) is 19.3 Å². The van der Waals surface area contributed by atoms with E-state index < -0.39 is 30.2 Å². The zero-order valence-corrected chi connectivity index (χ0v) is 24.0. The Bertz CT molecular complexity index is 911. The third kappa shape index (κ3) is 10.9. The van der Waals surface area contributed by atoms with Gasteiger partial charge in [0.25, 0.3) is 0 Å². The van der Waals surface area contributed by atoms with Gasteiger partial charge in [-0.15, -0.1) is 23.1 Å². The molecule has 13 heteroatoms. The topological polar surface area (TPSA) is 145 Å². The van der Waals surface area contributed by atoms with E-state index in [0.717, 1.165) is 15.7 Å². The number of hydrogen-bond acceptors (Lipinski definition) is 9. The second kappa shape index (κ2) is 15.1. The summed E-state index contributed by atoms with van der Waals surface area (Å²) in [6.45, 7) is 9.94. The molecule has 5 atom stereocenters. The van der Waals surface area contributed by atoms with Crippen molar-refractivity contribution in [3.8, 4) is 0 Å². The number of thioether (sulfide) groups is 1. The fraction of sp³-hybridized carbons (Fsp3) is 0.708. The first kappa shape index (κ1) is 30.8. The van der Waals surface area contributed by atoms with Crippen LogP contribution in [0.3, 0.4) is 0 Å². The van der Waals surface area contributed by atoms with E-state index >= 15 is 0 Å². The fourth-order valence-corrected chi connectivity index (χ4v) is 5.17. The molecule has 0 fully saturated rings. The Morgan fingerprint density at radius 1 is 1.14 bits per heavy atom. The van der Waals surface area contributed by atoms with Crippen LogP contribution < -0.4 is 16.0 Å². The molecule has 0 aromatic carbocycles. The Hall–Kier alpha value is -2.38. The number of aliphatic hydroxyl groups excluding tert-OH is 1. The molecule has 0 spiro atoms. The fourth-order valence-electron chi connectivity index (χ4n) is 3.56. The van der Waals surface area contributed by atoms with Gasteiger partial charge in [0.05, 0.1) is 27.6 Å². The number of carbonyl (C=O) groups is 3.